The molecule has 21 heavy (non-hydrogen) atoms. The average molecular weight is 280 g/mol. The second-order valence-corrected chi connectivity index (χ2v) is 7.96. The molecular weight excluding hydrogens is 256 g/mol. The lowest BCUT2D eigenvalue weighted by Crippen LogP contribution is -2.60. The first-order chi connectivity index (χ1) is 10.3. The van der Waals surface area contributed by atoms with Crippen LogP contribution in [0.15, 0.2) is 30.3 Å². The van der Waals surface area contributed by atoms with Crippen LogP contribution in [0, 0.1) is 29.1 Å². The molecule has 1 spiro atoms. The normalized spacial score (nSPS) is 47.4. The Morgan fingerprint density at radius 3 is 2.57 bits per heavy atom. The SMILES string of the molecule is O=C1CCC[C@@H]2[C@@H]([C@@H]3C[C@H]3c3ccccc3)[C@H]3CCC[C@@]123. The number of ketones is 1. The van der Waals surface area contributed by atoms with E-state index in [1.165, 1.54) is 32.1 Å². The van der Waals surface area contributed by atoms with Gasteiger partial charge in [-0.3, -0.25) is 4.79 Å². The van der Waals surface area contributed by atoms with Crippen molar-refractivity contribution >= 4 is 5.78 Å². The van der Waals surface area contributed by atoms with Crippen molar-refractivity contribution in [2.45, 2.75) is 50.9 Å². The Balaban J connectivity index is 1.41. The smallest absolute Gasteiger partial charge is 0.139 e. The highest BCUT2D eigenvalue weighted by Crippen LogP contribution is 2.74. The van der Waals surface area contributed by atoms with Gasteiger partial charge in [0.05, 0.1) is 0 Å². The second kappa shape index (κ2) is 4.21. The van der Waals surface area contributed by atoms with E-state index in [0.717, 1.165) is 42.4 Å². The summed E-state index contributed by atoms with van der Waals surface area (Å²) in [5.74, 6) is 4.72. The molecule has 4 saturated carbocycles. The molecule has 6 atom stereocenters. The van der Waals surface area contributed by atoms with Crippen molar-refractivity contribution in [3.8, 4) is 0 Å². The van der Waals surface area contributed by atoms with E-state index in [-0.39, 0.29) is 5.41 Å². The van der Waals surface area contributed by atoms with Gasteiger partial charge >= 0.3 is 0 Å². The van der Waals surface area contributed by atoms with E-state index in [0.29, 0.717) is 5.78 Å². The molecule has 0 aliphatic heterocycles. The minimum absolute atomic E-state index is 0.173. The number of Topliss-reactive ketones (excluding diaryl/α,β-unsaturated/α-hetero) is 1. The molecule has 0 amide bonds. The van der Waals surface area contributed by atoms with Crippen LogP contribution < -0.4 is 0 Å². The van der Waals surface area contributed by atoms with Crippen LogP contribution in [0.25, 0.3) is 0 Å². The van der Waals surface area contributed by atoms with Crippen molar-refractivity contribution in [3.63, 3.8) is 0 Å². The van der Waals surface area contributed by atoms with Crippen molar-refractivity contribution in [3.05, 3.63) is 35.9 Å². The van der Waals surface area contributed by atoms with Crippen molar-refractivity contribution in [1.82, 2.24) is 0 Å². The van der Waals surface area contributed by atoms with Crippen LogP contribution in [0.2, 0.25) is 0 Å². The molecule has 1 nitrogen and oxygen atoms in total. The van der Waals surface area contributed by atoms with Gasteiger partial charge in [0, 0.05) is 11.8 Å². The highest BCUT2D eigenvalue weighted by Gasteiger charge is 2.70. The number of carbonyl (C=O) groups is 1. The predicted octanol–water partition coefficient (Wildman–Crippen LogP) is 4.58. The Kier molecular flexibility index (Phi) is 2.49. The Bertz CT molecular complexity index is 577. The fourth-order valence-electron chi connectivity index (χ4n) is 6.60. The first-order valence-corrected chi connectivity index (χ1v) is 8.90. The topological polar surface area (TPSA) is 17.1 Å². The van der Waals surface area contributed by atoms with Crippen LogP contribution in [0.5, 0.6) is 0 Å². The lowest BCUT2D eigenvalue weighted by molar-refractivity contribution is -0.170. The number of hydrogen-bond donors (Lipinski definition) is 0. The molecule has 0 saturated heterocycles. The van der Waals surface area contributed by atoms with Gasteiger partial charge in [0.2, 0.25) is 0 Å². The minimum Gasteiger partial charge on any atom is -0.299 e. The number of hydrogen-bond acceptors (Lipinski definition) is 1. The largest absolute Gasteiger partial charge is 0.299 e. The Morgan fingerprint density at radius 1 is 1.00 bits per heavy atom. The maximum Gasteiger partial charge on any atom is 0.139 e. The zero-order chi connectivity index (χ0) is 14.0. The molecule has 4 aliphatic rings. The fourth-order valence-corrected chi connectivity index (χ4v) is 6.60. The molecule has 0 aromatic heterocycles. The van der Waals surface area contributed by atoms with Crippen LogP contribution in [-0.4, -0.2) is 5.78 Å². The van der Waals surface area contributed by atoms with E-state index >= 15 is 0 Å². The maximum absolute atomic E-state index is 12.6. The van der Waals surface area contributed by atoms with Gasteiger partial charge in [0.25, 0.3) is 0 Å². The van der Waals surface area contributed by atoms with E-state index in [1.807, 2.05) is 0 Å². The third kappa shape index (κ3) is 1.50. The second-order valence-electron chi connectivity index (χ2n) is 7.96. The minimum atomic E-state index is 0.173. The van der Waals surface area contributed by atoms with Gasteiger partial charge in [-0.05, 0) is 67.3 Å². The molecule has 4 aliphatic carbocycles. The molecule has 4 fully saturated rings. The summed E-state index contributed by atoms with van der Waals surface area (Å²) in [4.78, 5) is 12.6. The van der Waals surface area contributed by atoms with Gasteiger partial charge in [-0.25, -0.2) is 0 Å². The Hall–Kier alpha value is -1.11. The first kappa shape index (κ1) is 12.4. The van der Waals surface area contributed by atoms with E-state index in [9.17, 15) is 4.79 Å². The van der Waals surface area contributed by atoms with Gasteiger partial charge in [0.1, 0.15) is 5.78 Å². The first-order valence-electron chi connectivity index (χ1n) is 8.90. The summed E-state index contributed by atoms with van der Waals surface area (Å²) >= 11 is 0. The lowest BCUT2D eigenvalue weighted by atomic mass is 9.42. The molecule has 0 N–H and O–H groups in total. The highest BCUT2D eigenvalue weighted by molar-refractivity contribution is 5.88. The molecule has 5 rings (SSSR count). The van der Waals surface area contributed by atoms with Gasteiger partial charge in [0.15, 0.2) is 0 Å². The van der Waals surface area contributed by atoms with E-state index in [1.54, 1.807) is 5.56 Å². The van der Waals surface area contributed by atoms with Gasteiger partial charge in [-0.2, -0.15) is 0 Å². The summed E-state index contributed by atoms with van der Waals surface area (Å²) in [6.45, 7) is 0. The van der Waals surface area contributed by atoms with Crippen LogP contribution in [0.4, 0.5) is 0 Å². The Morgan fingerprint density at radius 2 is 1.76 bits per heavy atom. The zero-order valence-corrected chi connectivity index (χ0v) is 12.6. The molecular formula is C20H24O. The third-order valence-corrected chi connectivity index (χ3v) is 7.36. The molecule has 1 aromatic rings. The summed E-state index contributed by atoms with van der Waals surface area (Å²) in [5.41, 5.74) is 1.72. The standard InChI is InChI=1S/C20H24O/c21-18-10-4-8-16-19(17-9-5-11-20(16,17)18)15-12-14(15)13-6-2-1-3-7-13/h1-3,6-7,14-17,19H,4-5,8-12H2/t14-,15+,16+,17+,19+,20+/m0/s1. The molecule has 110 valence electrons. The highest BCUT2D eigenvalue weighted by atomic mass is 16.1. The molecule has 0 radical (unpaired) electrons. The molecule has 0 bridgehead atoms. The van der Waals surface area contributed by atoms with Crippen LogP contribution in [0.3, 0.4) is 0 Å². The van der Waals surface area contributed by atoms with Crippen molar-refractivity contribution < 1.29 is 4.79 Å². The number of rotatable bonds is 2. The van der Waals surface area contributed by atoms with Crippen molar-refractivity contribution in [1.29, 1.82) is 0 Å². The van der Waals surface area contributed by atoms with E-state index < -0.39 is 0 Å². The lowest BCUT2D eigenvalue weighted by Gasteiger charge is -2.61. The molecule has 1 aromatic carbocycles. The quantitative estimate of drug-likeness (QED) is 0.775. The summed E-state index contributed by atoms with van der Waals surface area (Å²) in [6.07, 6.45) is 8.64. The summed E-state index contributed by atoms with van der Waals surface area (Å²) in [7, 11) is 0. The fraction of sp³-hybridized carbons (Fsp3) is 0.650. The summed E-state index contributed by atoms with van der Waals surface area (Å²) in [6, 6.07) is 11.1. The van der Waals surface area contributed by atoms with Gasteiger partial charge < -0.3 is 0 Å². The van der Waals surface area contributed by atoms with Gasteiger partial charge in [-0.15, -0.1) is 0 Å². The predicted molar refractivity (Wildman–Crippen MR) is 82.9 cm³/mol. The summed E-state index contributed by atoms with van der Waals surface area (Å²) in [5, 5.41) is 0. The van der Waals surface area contributed by atoms with Crippen molar-refractivity contribution in [2.24, 2.45) is 29.1 Å². The van der Waals surface area contributed by atoms with Crippen LogP contribution in [-0.2, 0) is 4.79 Å². The van der Waals surface area contributed by atoms with E-state index in [4.69, 9.17) is 0 Å². The zero-order valence-electron chi connectivity index (χ0n) is 12.6. The van der Waals surface area contributed by atoms with Crippen molar-refractivity contribution in [2.75, 3.05) is 0 Å². The molecule has 0 heterocycles. The maximum atomic E-state index is 12.6. The third-order valence-electron chi connectivity index (χ3n) is 7.36. The van der Waals surface area contributed by atoms with E-state index in [2.05, 4.69) is 30.3 Å². The van der Waals surface area contributed by atoms with Gasteiger partial charge in [-0.1, -0.05) is 36.8 Å². The number of carbonyl (C=O) groups excluding carboxylic acids is 1. The molecule has 1 heteroatoms. The van der Waals surface area contributed by atoms with Crippen LogP contribution >= 0.6 is 0 Å². The Labute approximate surface area is 127 Å². The van der Waals surface area contributed by atoms with Crippen LogP contribution in [0.1, 0.15) is 56.4 Å². The average Bonchev–Trinajstić information content (AvgIpc) is 3.19. The monoisotopic (exact) mass is 280 g/mol. The molecule has 0 unspecified atom stereocenters. The number of benzene rings is 1. The summed E-state index contributed by atoms with van der Waals surface area (Å²) < 4.78 is 0.